The molecule has 1 heterocycles. The van der Waals surface area contributed by atoms with E-state index in [2.05, 4.69) is 20.6 Å². The first-order chi connectivity index (χ1) is 9.65. The molecule has 106 valence electrons. The third kappa shape index (κ3) is 3.11. The molecule has 0 saturated carbocycles. The Kier molecular flexibility index (Phi) is 4.63. The predicted octanol–water partition coefficient (Wildman–Crippen LogP) is 3.10. The summed E-state index contributed by atoms with van der Waals surface area (Å²) in [6, 6.07) is 5.58. The van der Waals surface area contributed by atoms with Crippen molar-refractivity contribution in [3.8, 4) is 5.75 Å². The summed E-state index contributed by atoms with van der Waals surface area (Å²) < 4.78 is 5.32. The number of hydrogen-bond donors (Lipinski definition) is 2. The van der Waals surface area contributed by atoms with Gasteiger partial charge in [0.05, 0.1) is 7.11 Å². The molecule has 0 saturated heterocycles. The fourth-order valence-electron chi connectivity index (χ4n) is 1.82. The Labute approximate surface area is 123 Å². The maximum Gasteiger partial charge on any atom is 0.224 e. The minimum atomic E-state index is 0.532. The van der Waals surface area contributed by atoms with Gasteiger partial charge in [-0.1, -0.05) is 17.7 Å². The van der Waals surface area contributed by atoms with Gasteiger partial charge in [-0.05, 0) is 19.1 Å². The summed E-state index contributed by atoms with van der Waals surface area (Å²) >= 11 is 6.21. The third-order valence-electron chi connectivity index (χ3n) is 2.92. The van der Waals surface area contributed by atoms with Gasteiger partial charge in [-0.3, -0.25) is 0 Å². The molecule has 2 rings (SSSR count). The number of nitrogens with one attached hydrogen (secondary N) is 2. The van der Waals surface area contributed by atoms with E-state index in [1.54, 1.807) is 20.4 Å². The summed E-state index contributed by atoms with van der Waals surface area (Å²) in [6.07, 6.45) is 1.77. The Morgan fingerprint density at radius 1 is 1.35 bits per heavy atom. The average molecular weight is 293 g/mol. The van der Waals surface area contributed by atoms with Gasteiger partial charge in [-0.15, -0.1) is 0 Å². The van der Waals surface area contributed by atoms with Crippen molar-refractivity contribution < 1.29 is 4.74 Å². The van der Waals surface area contributed by atoms with Crippen LogP contribution in [0.4, 0.5) is 11.8 Å². The van der Waals surface area contributed by atoms with Gasteiger partial charge in [0.2, 0.25) is 5.95 Å². The van der Waals surface area contributed by atoms with Crippen molar-refractivity contribution in [3.63, 3.8) is 0 Å². The van der Waals surface area contributed by atoms with Crippen molar-refractivity contribution in [2.45, 2.75) is 13.5 Å². The lowest BCUT2D eigenvalue weighted by Gasteiger charge is -2.13. The van der Waals surface area contributed by atoms with Crippen LogP contribution in [0.25, 0.3) is 0 Å². The number of aromatic nitrogens is 2. The Morgan fingerprint density at radius 2 is 2.15 bits per heavy atom. The summed E-state index contributed by atoms with van der Waals surface area (Å²) in [7, 11) is 3.41. The monoisotopic (exact) mass is 292 g/mol. The van der Waals surface area contributed by atoms with Crippen molar-refractivity contribution in [3.05, 3.63) is 40.5 Å². The molecule has 0 atom stereocenters. The first-order valence-corrected chi connectivity index (χ1v) is 6.60. The number of aryl methyl sites for hydroxylation is 1. The van der Waals surface area contributed by atoms with Crippen molar-refractivity contribution in [2.75, 3.05) is 24.8 Å². The van der Waals surface area contributed by atoms with E-state index >= 15 is 0 Å². The van der Waals surface area contributed by atoms with Crippen LogP contribution in [0.2, 0.25) is 5.02 Å². The van der Waals surface area contributed by atoms with Gasteiger partial charge in [0.25, 0.3) is 0 Å². The molecule has 20 heavy (non-hydrogen) atoms. The van der Waals surface area contributed by atoms with Crippen molar-refractivity contribution >= 4 is 23.4 Å². The second-order valence-corrected chi connectivity index (χ2v) is 4.66. The molecule has 1 aromatic heterocycles. The van der Waals surface area contributed by atoms with Crippen LogP contribution >= 0.6 is 11.6 Å². The minimum Gasteiger partial charge on any atom is -0.496 e. The van der Waals surface area contributed by atoms with Crippen LogP contribution in [0.3, 0.4) is 0 Å². The van der Waals surface area contributed by atoms with Gasteiger partial charge in [0, 0.05) is 35.9 Å². The van der Waals surface area contributed by atoms with Gasteiger partial charge >= 0.3 is 0 Å². The van der Waals surface area contributed by atoms with Gasteiger partial charge in [-0.2, -0.15) is 4.98 Å². The fourth-order valence-corrected chi connectivity index (χ4v) is 2.05. The molecule has 0 unspecified atom stereocenters. The second-order valence-electron chi connectivity index (χ2n) is 4.25. The van der Waals surface area contributed by atoms with E-state index in [-0.39, 0.29) is 0 Å². The van der Waals surface area contributed by atoms with Gasteiger partial charge < -0.3 is 15.4 Å². The molecule has 0 bridgehead atoms. The SMILES string of the molecule is CNc1ncc(C)c(NCc2c(Cl)cccc2OC)n1. The zero-order chi connectivity index (χ0) is 14.5. The fraction of sp³-hybridized carbons (Fsp3) is 0.286. The molecule has 0 amide bonds. The lowest BCUT2D eigenvalue weighted by atomic mass is 10.2. The standard InChI is InChI=1S/C14H17ClN4O/c1-9-7-18-14(16-2)19-13(9)17-8-10-11(15)5-4-6-12(10)20-3/h4-7H,8H2,1-3H3,(H2,16,17,18,19). The molecule has 6 heteroatoms. The number of halogens is 1. The number of ether oxygens (including phenoxy) is 1. The van der Waals surface area contributed by atoms with Crippen LogP contribution < -0.4 is 15.4 Å². The van der Waals surface area contributed by atoms with Gasteiger partial charge in [0.15, 0.2) is 0 Å². The summed E-state index contributed by atoms with van der Waals surface area (Å²) in [5, 5.41) is 6.84. The predicted molar refractivity (Wildman–Crippen MR) is 81.6 cm³/mol. The van der Waals surface area contributed by atoms with E-state index in [0.717, 1.165) is 22.7 Å². The van der Waals surface area contributed by atoms with E-state index in [4.69, 9.17) is 16.3 Å². The van der Waals surface area contributed by atoms with Crippen LogP contribution in [0.5, 0.6) is 5.75 Å². The number of hydrogen-bond acceptors (Lipinski definition) is 5. The maximum absolute atomic E-state index is 6.21. The number of methoxy groups -OCH3 is 1. The molecule has 0 aliphatic rings. The van der Waals surface area contributed by atoms with Crippen LogP contribution in [0.15, 0.2) is 24.4 Å². The van der Waals surface area contributed by atoms with Crippen LogP contribution in [0, 0.1) is 6.92 Å². The largest absolute Gasteiger partial charge is 0.496 e. The summed E-state index contributed by atoms with van der Waals surface area (Å²) in [4.78, 5) is 8.52. The zero-order valence-corrected chi connectivity index (χ0v) is 12.5. The Morgan fingerprint density at radius 3 is 2.85 bits per heavy atom. The number of nitrogens with zero attached hydrogens (tertiary/aromatic N) is 2. The molecule has 0 radical (unpaired) electrons. The highest BCUT2D eigenvalue weighted by Crippen LogP contribution is 2.27. The van der Waals surface area contributed by atoms with Gasteiger partial charge in [-0.25, -0.2) is 4.98 Å². The quantitative estimate of drug-likeness (QED) is 0.887. The molecule has 0 aliphatic heterocycles. The van der Waals surface area contributed by atoms with E-state index in [9.17, 15) is 0 Å². The minimum absolute atomic E-state index is 0.532. The van der Waals surface area contributed by atoms with Crippen LogP contribution in [0.1, 0.15) is 11.1 Å². The molecule has 0 spiro atoms. The molecule has 5 nitrogen and oxygen atoms in total. The van der Waals surface area contributed by atoms with E-state index in [1.165, 1.54) is 0 Å². The summed E-state index contributed by atoms with van der Waals surface area (Å²) in [6.45, 7) is 2.48. The normalized spacial score (nSPS) is 10.2. The first-order valence-electron chi connectivity index (χ1n) is 6.22. The molecular formula is C14H17ClN4O. The Bertz CT molecular complexity index is 604. The second kappa shape index (κ2) is 6.43. The van der Waals surface area contributed by atoms with Crippen molar-refractivity contribution in [2.24, 2.45) is 0 Å². The number of benzene rings is 1. The zero-order valence-electron chi connectivity index (χ0n) is 11.7. The molecule has 1 aromatic carbocycles. The highest BCUT2D eigenvalue weighted by Gasteiger charge is 2.09. The average Bonchev–Trinajstić information content (AvgIpc) is 2.47. The smallest absolute Gasteiger partial charge is 0.224 e. The lowest BCUT2D eigenvalue weighted by molar-refractivity contribution is 0.410. The van der Waals surface area contributed by atoms with Crippen LogP contribution in [-0.2, 0) is 6.54 Å². The number of anilines is 2. The van der Waals surface area contributed by atoms with E-state index in [0.29, 0.717) is 17.5 Å². The molecule has 0 aliphatic carbocycles. The van der Waals surface area contributed by atoms with Crippen LogP contribution in [-0.4, -0.2) is 24.1 Å². The van der Waals surface area contributed by atoms with Crippen molar-refractivity contribution in [1.29, 1.82) is 0 Å². The van der Waals surface area contributed by atoms with E-state index in [1.807, 2.05) is 25.1 Å². The molecule has 2 N–H and O–H groups in total. The molecule has 2 aromatic rings. The Hall–Kier alpha value is -2.01. The first kappa shape index (κ1) is 14.4. The van der Waals surface area contributed by atoms with Gasteiger partial charge in [0.1, 0.15) is 11.6 Å². The highest BCUT2D eigenvalue weighted by molar-refractivity contribution is 6.31. The third-order valence-corrected chi connectivity index (χ3v) is 3.28. The molecular weight excluding hydrogens is 276 g/mol. The topological polar surface area (TPSA) is 59.1 Å². The number of rotatable bonds is 5. The van der Waals surface area contributed by atoms with Crippen molar-refractivity contribution in [1.82, 2.24) is 9.97 Å². The summed E-state index contributed by atoms with van der Waals surface area (Å²) in [5.41, 5.74) is 1.87. The molecule has 0 fully saturated rings. The van der Waals surface area contributed by atoms with E-state index < -0.39 is 0 Å². The maximum atomic E-state index is 6.21. The lowest BCUT2D eigenvalue weighted by Crippen LogP contribution is -2.07. The Balaban J connectivity index is 2.21. The highest BCUT2D eigenvalue weighted by atomic mass is 35.5. The summed E-state index contributed by atoms with van der Waals surface area (Å²) in [5.74, 6) is 2.10.